The molecule has 3 N–H and O–H groups in total. The van der Waals surface area contributed by atoms with Crippen LogP contribution in [0.3, 0.4) is 0 Å². The average molecular weight is 481 g/mol. The summed E-state index contributed by atoms with van der Waals surface area (Å²) in [5.41, 5.74) is 0.718. The van der Waals surface area contributed by atoms with Crippen molar-refractivity contribution in [3.8, 4) is 5.75 Å². The number of carbonyl (C=O) groups is 1. The van der Waals surface area contributed by atoms with Crippen LogP contribution in [-0.4, -0.2) is 44.8 Å². The van der Waals surface area contributed by atoms with E-state index in [0.717, 1.165) is 43.4 Å². The van der Waals surface area contributed by atoms with E-state index in [4.69, 9.17) is 5.10 Å². The van der Waals surface area contributed by atoms with Crippen LogP contribution in [0, 0.1) is 5.41 Å². The zero-order valence-corrected chi connectivity index (χ0v) is 20.8. The Balaban J connectivity index is 1.72. The largest absolute Gasteiger partial charge is 0.504 e. The molecule has 1 aliphatic carbocycles. The van der Waals surface area contributed by atoms with Gasteiger partial charge in [-0.15, -0.1) is 0 Å². The van der Waals surface area contributed by atoms with Crippen LogP contribution in [0.5, 0.6) is 5.75 Å². The maximum atomic E-state index is 12.7. The number of rotatable bonds is 8. The summed E-state index contributed by atoms with van der Waals surface area (Å²) in [6.45, 7) is 4.26. The molecule has 4 rings (SSSR count). The van der Waals surface area contributed by atoms with Gasteiger partial charge >= 0.3 is 0 Å². The van der Waals surface area contributed by atoms with Gasteiger partial charge in [0, 0.05) is 33.5 Å². The van der Waals surface area contributed by atoms with E-state index in [0.29, 0.717) is 0 Å². The molecular formula is C25H32N6O4. The van der Waals surface area contributed by atoms with Crippen molar-refractivity contribution in [1.82, 2.24) is 19.7 Å². The minimum atomic E-state index is -0.684. The Morgan fingerprint density at radius 1 is 1.23 bits per heavy atom. The lowest BCUT2D eigenvalue weighted by molar-refractivity contribution is 0.0819. The molecule has 10 nitrogen and oxygen atoms in total. The first-order chi connectivity index (χ1) is 16.6. The first kappa shape index (κ1) is 24.4. The number of carbonyl (C=O) groups excluding carboxylic acids is 1. The third kappa shape index (κ3) is 4.28. The van der Waals surface area contributed by atoms with Crippen LogP contribution in [0.2, 0.25) is 0 Å². The number of amides is 1. The third-order valence-electron chi connectivity index (χ3n) is 7.03. The topological polar surface area (TPSA) is 129 Å². The van der Waals surface area contributed by atoms with Crippen LogP contribution in [-0.2, 0) is 13.5 Å². The molecule has 3 aromatic rings. The molecule has 10 heteroatoms. The average Bonchev–Trinajstić information content (AvgIpc) is 3.44. The first-order valence-corrected chi connectivity index (χ1v) is 11.9. The quantitative estimate of drug-likeness (QED) is 0.420. The lowest BCUT2D eigenvalue weighted by atomic mass is 9.77. The van der Waals surface area contributed by atoms with E-state index < -0.39 is 16.8 Å². The van der Waals surface area contributed by atoms with Crippen molar-refractivity contribution >= 4 is 23.0 Å². The summed E-state index contributed by atoms with van der Waals surface area (Å²) in [6.07, 6.45) is 8.28. The lowest BCUT2D eigenvalue weighted by Gasteiger charge is -2.35. The Kier molecular flexibility index (Phi) is 6.40. The molecule has 0 radical (unpaired) electrons. The van der Waals surface area contributed by atoms with Gasteiger partial charge in [0.2, 0.25) is 0 Å². The summed E-state index contributed by atoms with van der Waals surface area (Å²) in [5, 5.41) is 21.6. The van der Waals surface area contributed by atoms with Crippen LogP contribution in [0.15, 0.2) is 28.0 Å². The highest BCUT2D eigenvalue weighted by Gasteiger charge is 2.41. The summed E-state index contributed by atoms with van der Waals surface area (Å²) in [7, 11) is 4.97. The first-order valence-electron chi connectivity index (χ1n) is 11.9. The Morgan fingerprint density at radius 2 is 1.89 bits per heavy atom. The van der Waals surface area contributed by atoms with Crippen LogP contribution in [0.4, 0.5) is 17.1 Å². The predicted octanol–water partition coefficient (Wildman–Crippen LogP) is 2.86. The number of nitrogens with zero attached hydrogens (tertiary/aromatic N) is 4. The maximum absolute atomic E-state index is 12.7. The molecule has 1 fully saturated rings. The van der Waals surface area contributed by atoms with E-state index in [1.54, 1.807) is 18.8 Å². The summed E-state index contributed by atoms with van der Waals surface area (Å²) < 4.78 is 1.78. The predicted molar refractivity (Wildman–Crippen MR) is 134 cm³/mol. The Hall–Kier alpha value is -3.69. The highest BCUT2D eigenvalue weighted by atomic mass is 16.3. The van der Waals surface area contributed by atoms with Gasteiger partial charge < -0.3 is 20.6 Å². The SMILES string of the molecule is CCc1cn(C)nc1C(Nc1c(Nc2ccnc(C(=O)N(C)C)c2O)c(=O)c1=O)C1(C)CCCC1. The van der Waals surface area contributed by atoms with Crippen molar-refractivity contribution in [2.75, 3.05) is 24.7 Å². The second kappa shape index (κ2) is 9.16. The van der Waals surface area contributed by atoms with Gasteiger partial charge in [0.1, 0.15) is 11.4 Å². The summed E-state index contributed by atoms with van der Waals surface area (Å²) in [4.78, 5) is 42.8. The number of aryl methyl sites for hydroxylation is 2. The molecule has 1 amide bonds. The molecule has 1 unspecified atom stereocenters. The van der Waals surface area contributed by atoms with Crippen molar-refractivity contribution in [2.45, 2.75) is 52.0 Å². The number of nitrogens with one attached hydrogen (secondary N) is 2. The summed E-state index contributed by atoms with van der Waals surface area (Å²) in [6, 6.07) is 1.19. The molecule has 1 aliphatic rings. The van der Waals surface area contributed by atoms with Gasteiger partial charge in [-0.25, -0.2) is 4.98 Å². The van der Waals surface area contributed by atoms with Crippen molar-refractivity contribution < 1.29 is 9.90 Å². The number of hydrogen-bond acceptors (Lipinski definition) is 8. The fourth-order valence-corrected chi connectivity index (χ4v) is 4.97. The monoisotopic (exact) mass is 480 g/mol. The Bertz CT molecular complexity index is 1330. The lowest BCUT2D eigenvalue weighted by Crippen LogP contribution is -2.40. The number of anilines is 3. The standard InChI is InChI=1S/C25H32N6O4/c1-6-14-13-31(5)29-16(14)23(25(2)10-7-8-11-25)28-18-17(21(33)22(18)34)27-15-9-12-26-19(20(15)32)24(35)30(3)4/h9,12-13,23,28,32H,6-8,10-11H2,1-5H3,(H,26,27). The van der Waals surface area contributed by atoms with Gasteiger partial charge in [-0.3, -0.25) is 19.1 Å². The highest BCUT2D eigenvalue weighted by Crippen LogP contribution is 2.49. The molecule has 0 bridgehead atoms. The molecule has 35 heavy (non-hydrogen) atoms. The van der Waals surface area contributed by atoms with Crippen molar-refractivity contribution in [1.29, 1.82) is 0 Å². The number of aromatic hydroxyl groups is 1. The molecule has 186 valence electrons. The van der Waals surface area contributed by atoms with Gasteiger partial charge in [-0.2, -0.15) is 5.10 Å². The molecular weight excluding hydrogens is 448 g/mol. The fraction of sp³-hybridized carbons (Fsp3) is 0.480. The van der Waals surface area contributed by atoms with E-state index in [-0.39, 0.29) is 40.0 Å². The molecule has 2 aromatic heterocycles. The molecule has 0 spiro atoms. The zero-order chi connectivity index (χ0) is 25.5. The van der Waals surface area contributed by atoms with Crippen LogP contribution >= 0.6 is 0 Å². The van der Waals surface area contributed by atoms with E-state index in [1.165, 1.54) is 17.2 Å². The van der Waals surface area contributed by atoms with Gasteiger partial charge in [0.05, 0.1) is 17.4 Å². The van der Waals surface area contributed by atoms with Crippen molar-refractivity contribution in [3.63, 3.8) is 0 Å². The van der Waals surface area contributed by atoms with Crippen LogP contribution in [0.25, 0.3) is 0 Å². The molecule has 0 aliphatic heterocycles. The molecule has 2 heterocycles. The molecule has 1 aromatic carbocycles. The number of pyridine rings is 1. The number of hydrogen-bond donors (Lipinski definition) is 3. The van der Waals surface area contributed by atoms with Crippen molar-refractivity contribution in [2.24, 2.45) is 12.5 Å². The summed E-state index contributed by atoms with van der Waals surface area (Å²) in [5.74, 6) is -0.867. The Labute approximate surface area is 203 Å². The van der Waals surface area contributed by atoms with Crippen LogP contribution < -0.4 is 21.5 Å². The summed E-state index contributed by atoms with van der Waals surface area (Å²) >= 11 is 0. The van der Waals surface area contributed by atoms with Crippen LogP contribution in [0.1, 0.15) is 67.3 Å². The van der Waals surface area contributed by atoms with Gasteiger partial charge in [-0.05, 0) is 36.3 Å². The fourth-order valence-electron chi connectivity index (χ4n) is 4.97. The molecule has 1 atom stereocenters. The third-order valence-corrected chi connectivity index (χ3v) is 7.03. The maximum Gasteiger partial charge on any atom is 0.275 e. The van der Waals surface area contributed by atoms with E-state index in [1.807, 2.05) is 13.2 Å². The van der Waals surface area contributed by atoms with Gasteiger partial charge in [-0.1, -0.05) is 26.7 Å². The van der Waals surface area contributed by atoms with Gasteiger partial charge in [0.25, 0.3) is 16.8 Å². The molecule has 1 saturated carbocycles. The zero-order valence-electron chi connectivity index (χ0n) is 20.8. The smallest absolute Gasteiger partial charge is 0.275 e. The highest BCUT2D eigenvalue weighted by molar-refractivity contribution is 5.97. The van der Waals surface area contributed by atoms with E-state index in [9.17, 15) is 19.5 Å². The Morgan fingerprint density at radius 3 is 2.51 bits per heavy atom. The van der Waals surface area contributed by atoms with E-state index >= 15 is 0 Å². The molecule has 0 saturated heterocycles. The van der Waals surface area contributed by atoms with E-state index in [2.05, 4.69) is 29.5 Å². The van der Waals surface area contributed by atoms with Gasteiger partial charge in [0.15, 0.2) is 11.4 Å². The second-order valence-electron chi connectivity index (χ2n) is 9.79. The minimum absolute atomic E-state index is 0.0559. The number of aromatic nitrogens is 3. The normalized spacial score (nSPS) is 15.8. The second-order valence-corrected chi connectivity index (χ2v) is 9.79. The minimum Gasteiger partial charge on any atom is -0.504 e. The van der Waals surface area contributed by atoms with Crippen molar-refractivity contribution in [3.05, 3.63) is 55.9 Å².